The van der Waals surface area contributed by atoms with E-state index in [1.807, 2.05) is 49.4 Å². The molecule has 148 valence electrons. The molecule has 0 saturated carbocycles. The molecule has 0 aliphatic rings. The number of imidazole rings is 1. The molecule has 3 aromatic heterocycles. The molecular weight excluding hydrogens is 392 g/mol. The lowest BCUT2D eigenvalue weighted by Gasteiger charge is -2.05. The Balaban J connectivity index is 1.55. The zero-order valence-corrected chi connectivity index (χ0v) is 17.5. The van der Waals surface area contributed by atoms with Gasteiger partial charge in [0.05, 0.1) is 35.4 Å². The molecule has 0 amide bonds. The van der Waals surface area contributed by atoms with Crippen LogP contribution in [-0.4, -0.2) is 23.7 Å². The molecular formula is C23H20N6S. The van der Waals surface area contributed by atoms with Crippen LogP contribution >= 0.6 is 11.7 Å². The van der Waals surface area contributed by atoms with Crippen LogP contribution in [0, 0.1) is 13.8 Å². The second kappa shape index (κ2) is 7.68. The lowest BCUT2D eigenvalue weighted by atomic mass is 10.1. The van der Waals surface area contributed by atoms with Crippen molar-refractivity contribution in [2.75, 3.05) is 5.32 Å². The summed E-state index contributed by atoms with van der Waals surface area (Å²) in [5, 5.41) is 3.45. The summed E-state index contributed by atoms with van der Waals surface area (Å²) in [5.41, 5.74) is 8.66. The van der Waals surface area contributed by atoms with Crippen LogP contribution in [0.5, 0.6) is 0 Å². The van der Waals surface area contributed by atoms with Gasteiger partial charge >= 0.3 is 0 Å². The zero-order chi connectivity index (χ0) is 20.5. The second-order valence-corrected chi connectivity index (χ2v) is 7.79. The van der Waals surface area contributed by atoms with E-state index in [2.05, 4.69) is 44.2 Å². The smallest absolute Gasteiger partial charge is 0.126 e. The van der Waals surface area contributed by atoms with Gasteiger partial charge in [0, 0.05) is 16.9 Å². The highest BCUT2D eigenvalue weighted by Gasteiger charge is 2.16. The van der Waals surface area contributed by atoms with Crippen LogP contribution in [0.2, 0.25) is 0 Å². The number of H-pyrrole nitrogens is 1. The molecule has 0 atom stereocenters. The van der Waals surface area contributed by atoms with Crippen LogP contribution in [-0.2, 0) is 6.54 Å². The Morgan fingerprint density at radius 3 is 2.63 bits per heavy atom. The molecule has 2 N–H and O–H groups in total. The highest BCUT2D eigenvalue weighted by Crippen LogP contribution is 2.31. The van der Waals surface area contributed by atoms with Crippen LogP contribution in [0.25, 0.3) is 33.7 Å². The zero-order valence-electron chi connectivity index (χ0n) is 16.7. The molecule has 0 unspecified atom stereocenters. The molecule has 0 aliphatic carbocycles. The van der Waals surface area contributed by atoms with Crippen molar-refractivity contribution in [3.05, 3.63) is 77.7 Å². The Hall–Kier alpha value is -3.58. The minimum absolute atomic E-state index is 0.586. The van der Waals surface area contributed by atoms with Gasteiger partial charge in [-0.05, 0) is 55.8 Å². The van der Waals surface area contributed by atoms with Crippen LogP contribution < -0.4 is 5.32 Å². The molecule has 0 fully saturated rings. The molecule has 5 rings (SSSR count). The van der Waals surface area contributed by atoms with Crippen molar-refractivity contribution in [2.45, 2.75) is 20.4 Å². The Morgan fingerprint density at radius 1 is 0.900 bits per heavy atom. The number of hydrogen-bond acceptors (Lipinski definition) is 6. The van der Waals surface area contributed by atoms with Gasteiger partial charge in [-0.1, -0.05) is 24.3 Å². The molecule has 0 spiro atoms. The van der Waals surface area contributed by atoms with E-state index in [1.165, 1.54) is 17.3 Å². The molecule has 3 heterocycles. The van der Waals surface area contributed by atoms with Crippen LogP contribution in [0.1, 0.15) is 17.1 Å². The van der Waals surface area contributed by atoms with Crippen molar-refractivity contribution in [2.24, 2.45) is 0 Å². The van der Waals surface area contributed by atoms with Gasteiger partial charge < -0.3 is 10.3 Å². The molecule has 0 radical (unpaired) electrons. The Bertz CT molecular complexity index is 1340. The highest BCUT2D eigenvalue weighted by atomic mass is 32.1. The number of nitrogens with one attached hydrogen (secondary N) is 2. The van der Waals surface area contributed by atoms with Gasteiger partial charge in [-0.2, -0.15) is 8.75 Å². The van der Waals surface area contributed by atoms with Crippen LogP contribution in [0.15, 0.2) is 60.7 Å². The van der Waals surface area contributed by atoms with Gasteiger partial charge in [0.25, 0.3) is 0 Å². The Labute approximate surface area is 178 Å². The van der Waals surface area contributed by atoms with E-state index in [0.717, 1.165) is 50.9 Å². The molecule has 2 aromatic carbocycles. The molecule has 6 nitrogen and oxygen atoms in total. The Morgan fingerprint density at radius 2 is 1.77 bits per heavy atom. The summed E-state index contributed by atoms with van der Waals surface area (Å²) in [5.74, 6) is 0.848. The summed E-state index contributed by atoms with van der Waals surface area (Å²) in [6.07, 6.45) is 0. The molecule has 30 heavy (non-hydrogen) atoms. The summed E-state index contributed by atoms with van der Waals surface area (Å²) in [6, 6.07) is 20.4. The van der Waals surface area contributed by atoms with Crippen molar-refractivity contribution in [3.63, 3.8) is 0 Å². The van der Waals surface area contributed by atoms with Gasteiger partial charge in [-0.15, -0.1) is 0 Å². The molecule has 7 heteroatoms. The van der Waals surface area contributed by atoms with E-state index < -0.39 is 0 Å². The van der Waals surface area contributed by atoms with Crippen LogP contribution in [0.3, 0.4) is 0 Å². The predicted octanol–water partition coefficient (Wildman–Crippen LogP) is 5.37. The standard InChI is InChI=1S/C23H20N6S/c1-14-5-3-7-17(11-14)24-13-21-26-22(16-9-10-18-20(12-16)29-30-28-18)23(27-21)19-8-4-6-15(2)25-19/h3-12,24H,13H2,1-2H3,(H,26,27). The third-order valence-corrected chi connectivity index (χ3v) is 5.46. The maximum Gasteiger partial charge on any atom is 0.126 e. The number of benzene rings is 2. The predicted molar refractivity (Wildman–Crippen MR) is 121 cm³/mol. The minimum Gasteiger partial charge on any atom is -0.378 e. The molecule has 5 aromatic rings. The lowest BCUT2D eigenvalue weighted by molar-refractivity contribution is 1.000. The number of anilines is 1. The summed E-state index contributed by atoms with van der Waals surface area (Å²) >= 11 is 1.22. The van der Waals surface area contributed by atoms with E-state index in [1.54, 1.807) is 0 Å². The van der Waals surface area contributed by atoms with E-state index in [9.17, 15) is 0 Å². The number of aromatic nitrogens is 5. The van der Waals surface area contributed by atoms with Gasteiger partial charge in [0.2, 0.25) is 0 Å². The third-order valence-electron chi connectivity index (χ3n) is 4.90. The van der Waals surface area contributed by atoms with E-state index in [4.69, 9.17) is 9.97 Å². The Kier molecular flexibility index (Phi) is 4.72. The van der Waals surface area contributed by atoms with E-state index in [-0.39, 0.29) is 0 Å². The lowest BCUT2D eigenvalue weighted by Crippen LogP contribution is -2.01. The fourth-order valence-corrected chi connectivity index (χ4v) is 3.97. The first kappa shape index (κ1) is 18.4. The van der Waals surface area contributed by atoms with Gasteiger partial charge in [-0.25, -0.2) is 4.98 Å². The van der Waals surface area contributed by atoms with Gasteiger partial charge in [0.15, 0.2) is 0 Å². The molecule has 0 aliphatic heterocycles. The van der Waals surface area contributed by atoms with Gasteiger partial charge in [-0.3, -0.25) is 4.98 Å². The number of aryl methyl sites for hydroxylation is 2. The second-order valence-electron chi connectivity index (χ2n) is 7.26. The number of hydrogen-bond donors (Lipinski definition) is 2. The highest BCUT2D eigenvalue weighted by molar-refractivity contribution is 7.00. The quantitative estimate of drug-likeness (QED) is 0.406. The van der Waals surface area contributed by atoms with Gasteiger partial charge in [0.1, 0.15) is 16.9 Å². The first-order valence-corrected chi connectivity index (χ1v) is 10.4. The monoisotopic (exact) mass is 412 g/mol. The first-order valence-electron chi connectivity index (χ1n) is 9.72. The molecule has 0 bridgehead atoms. The summed E-state index contributed by atoms with van der Waals surface area (Å²) in [6.45, 7) is 4.66. The maximum absolute atomic E-state index is 4.91. The van der Waals surface area contributed by atoms with Crippen molar-refractivity contribution >= 4 is 28.4 Å². The fraction of sp³-hybridized carbons (Fsp3) is 0.130. The largest absolute Gasteiger partial charge is 0.378 e. The minimum atomic E-state index is 0.586. The van der Waals surface area contributed by atoms with Crippen molar-refractivity contribution in [1.82, 2.24) is 23.7 Å². The maximum atomic E-state index is 4.91. The average Bonchev–Trinajstić information content (AvgIpc) is 3.39. The van der Waals surface area contributed by atoms with Crippen LogP contribution in [0.4, 0.5) is 5.69 Å². The topological polar surface area (TPSA) is 79.4 Å². The number of fused-ring (bicyclic) bond motifs is 1. The van der Waals surface area contributed by atoms with Crippen molar-refractivity contribution in [3.8, 4) is 22.6 Å². The fourth-order valence-electron chi connectivity index (χ4n) is 3.45. The van der Waals surface area contributed by atoms with E-state index >= 15 is 0 Å². The number of pyridine rings is 1. The van der Waals surface area contributed by atoms with E-state index in [0.29, 0.717) is 6.54 Å². The van der Waals surface area contributed by atoms with Crippen molar-refractivity contribution < 1.29 is 0 Å². The average molecular weight is 413 g/mol. The summed E-state index contributed by atoms with van der Waals surface area (Å²) in [7, 11) is 0. The number of nitrogens with zero attached hydrogens (tertiary/aromatic N) is 4. The van der Waals surface area contributed by atoms with Crippen molar-refractivity contribution in [1.29, 1.82) is 0 Å². The normalized spacial score (nSPS) is 11.1. The number of rotatable bonds is 5. The molecule has 0 saturated heterocycles. The first-order chi connectivity index (χ1) is 14.7. The SMILES string of the molecule is Cc1cccc(NCc2nc(-c3ccc4nsnc4c3)c(-c3cccc(C)n3)[nH]2)c1. The summed E-state index contributed by atoms with van der Waals surface area (Å²) in [4.78, 5) is 13.1. The summed E-state index contributed by atoms with van der Waals surface area (Å²) < 4.78 is 8.68. The number of aromatic amines is 1. The third kappa shape index (κ3) is 3.67.